The molecule has 0 atom stereocenters. The molecule has 1 aromatic heterocycles. The van der Waals surface area contributed by atoms with E-state index in [0.29, 0.717) is 18.1 Å². The quantitative estimate of drug-likeness (QED) is 0.624. The van der Waals surface area contributed by atoms with Crippen LogP contribution in [0.3, 0.4) is 0 Å². The number of rotatable bonds is 3. The Balaban J connectivity index is 1.79. The number of hydrogen-bond acceptors (Lipinski definition) is 4. The van der Waals surface area contributed by atoms with Gasteiger partial charge in [-0.2, -0.15) is 0 Å². The normalized spacial score (nSPS) is 13.8. The molecular weight excluding hydrogens is 306 g/mol. The Kier molecular flexibility index (Phi) is 4.78. The summed E-state index contributed by atoms with van der Waals surface area (Å²) >= 11 is 1.59. The van der Waals surface area contributed by atoms with E-state index in [4.69, 9.17) is 4.74 Å². The number of benzene rings is 1. The van der Waals surface area contributed by atoms with Crippen molar-refractivity contribution in [2.75, 3.05) is 6.61 Å². The topological polar surface area (TPSA) is 39.2 Å². The number of aromatic nitrogens is 1. The number of esters is 1. The van der Waals surface area contributed by atoms with Gasteiger partial charge in [0, 0.05) is 16.9 Å². The van der Waals surface area contributed by atoms with Crippen molar-refractivity contribution in [1.82, 2.24) is 4.98 Å². The van der Waals surface area contributed by atoms with Gasteiger partial charge in [-0.3, -0.25) is 0 Å². The molecule has 1 fully saturated rings. The van der Waals surface area contributed by atoms with E-state index in [-0.39, 0.29) is 5.97 Å². The lowest BCUT2D eigenvalue weighted by molar-refractivity contribution is 0.0525. The number of carbonyl (C=O) groups is 1. The average molecular weight is 325 g/mol. The van der Waals surface area contributed by atoms with Gasteiger partial charge in [-0.15, -0.1) is 11.3 Å². The number of thiazole rings is 1. The molecular formula is C19H19NO2S. The van der Waals surface area contributed by atoms with Crippen LogP contribution in [0, 0.1) is 18.8 Å². The van der Waals surface area contributed by atoms with Crippen molar-refractivity contribution in [1.29, 1.82) is 0 Å². The zero-order valence-electron chi connectivity index (χ0n) is 13.4. The van der Waals surface area contributed by atoms with E-state index in [2.05, 4.69) is 22.2 Å². The van der Waals surface area contributed by atoms with Gasteiger partial charge in [0.25, 0.3) is 0 Å². The Hall–Kier alpha value is -2.12. The van der Waals surface area contributed by atoms with Crippen molar-refractivity contribution >= 4 is 17.3 Å². The number of carbonyl (C=O) groups excluding carboxylic acids is 1. The fourth-order valence-electron chi connectivity index (χ4n) is 2.49. The maximum atomic E-state index is 11.9. The molecule has 1 aromatic carbocycles. The largest absolute Gasteiger partial charge is 0.462 e. The Morgan fingerprint density at radius 2 is 2.22 bits per heavy atom. The molecule has 1 aliphatic rings. The lowest BCUT2D eigenvalue weighted by Gasteiger charge is -2.22. The van der Waals surface area contributed by atoms with E-state index < -0.39 is 0 Å². The van der Waals surface area contributed by atoms with E-state index in [9.17, 15) is 4.79 Å². The fraction of sp³-hybridized carbons (Fsp3) is 0.368. The highest BCUT2D eigenvalue weighted by Crippen LogP contribution is 2.36. The number of ether oxygens (including phenoxy) is 1. The molecule has 23 heavy (non-hydrogen) atoms. The molecule has 3 rings (SSSR count). The summed E-state index contributed by atoms with van der Waals surface area (Å²) in [6, 6.07) is 5.62. The molecule has 0 saturated heterocycles. The third kappa shape index (κ3) is 3.62. The lowest BCUT2D eigenvalue weighted by atomic mass is 9.83. The molecule has 0 radical (unpaired) electrons. The second-order valence-corrected chi connectivity index (χ2v) is 6.56. The van der Waals surface area contributed by atoms with Gasteiger partial charge in [-0.05, 0) is 50.3 Å². The smallest absolute Gasteiger partial charge is 0.338 e. The van der Waals surface area contributed by atoms with Gasteiger partial charge in [-0.25, -0.2) is 9.78 Å². The molecule has 118 valence electrons. The van der Waals surface area contributed by atoms with Gasteiger partial charge >= 0.3 is 5.97 Å². The first-order valence-electron chi connectivity index (χ1n) is 7.92. The first-order chi connectivity index (χ1) is 11.2. The minimum atomic E-state index is -0.296. The zero-order valence-corrected chi connectivity index (χ0v) is 14.2. The predicted molar refractivity (Wildman–Crippen MR) is 91.8 cm³/mol. The van der Waals surface area contributed by atoms with Crippen LogP contribution in [0.5, 0.6) is 0 Å². The summed E-state index contributed by atoms with van der Waals surface area (Å²) in [5, 5.41) is 2.96. The Morgan fingerprint density at radius 3 is 2.91 bits per heavy atom. The Labute approximate surface area is 140 Å². The minimum absolute atomic E-state index is 0.296. The summed E-state index contributed by atoms with van der Waals surface area (Å²) in [4.78, 5) is 16.5. The minimum Gasteiger partial charge on any atom is -0.462 e. The first-order valence-corrected chi connectivity index (χ1v) is 8.80. The molecule has 4 heteroatoms. The van der Waals surface area contributed by atoms with Crippen LogP contribution in [-0.2, 0) is 4.74 Å². The lowest BCUT2D eigenvalue weighted by Crippen LogP contribution is -2.08. The molecule has 1 saturated carbocycles. The number of hydrogen-bond donors (Lipinski definition) is 0. The average Bonchev–Trinajstić information content (AvgIpc) is 2.93. The summed E-state index contributed by atoms with van der Waals surface area (Å²) in [7, 11) is 0. The highest BCUT2D eigenvalue weighted by atomic mass is 32.1. The predicted octanol–water partition coefficient (Wildman–Crippen LogP) is 4.30. The van der Waals surface area contributed by atoms with Crippen molar-refractivity contribution in [3.63, 3.8) is 0 Å². The van der Waals surface area contributed by atoms with E-state index >= 15 is 0 Å². The van der Waals surface area contributed by atoms with Crippen molar-refractivity contribution in [3.05, 3.63) is 51.0 Å². The summed E-state index contributed by atoms with van der Waals surface area (Å²) in [6.07, 6.45) is 3.80. The third-order valence-corrected chi connectivity index (χ3v) is 4.87. The van der Waals surface area contributed by atoms with Crippen molar-refractivity contribution in [2.45, 2.75) is 39.0 Å². The highest BCUT2D eigenvalue weighted by molar-refractivity contribution is 7.10. The summed E-state index contributed by atoms with van der Waals surface area (Å²) in [5.41, 5.74) is 3.46. The van der Waals surface area contributed by atoms with Gasteiger partial charge in [0.15, 0.2) is 5.01 Å². The van der Waals surface area contributed by atoms with Crippen LogP contribution in [0.25, 0.3) is 0 Å². The van der Waals surface area contributed by atoms with Crippen LogP contribution in [0.1, 0.15) is 64.3 Å². The summed E-state index contributed by atoms with van der Waals surface area (Å²) in [6.45, 7) is 4.07. The molecule has 2 aromatic rings. The molecule has 0 spiro atoms. The van der Waals surface area contributed by atoms with Crippen molar-refractivity contribution < 1.29 is 9.53 Å². The molecule has 0 amide bonds. The fourth-order valence-corrected chi connectivity index (χ4v) is 3.23. The first kappa shape index (κ1) is 15.8. The van der Waals surface area contributed by atoms with Crippen LogP contribution in [0.2, 0.25) is 0 Å². The highest BCUT2D eigenvalue weighted by Gasteiger charge is 2.21. The standard InChI is InChI=1S/C19H19NO2S/c1-3-22-19(21)16-11-14(8-7-13(16)2)9-10-18-20-17(12-23-18)15-5-4-6-15/h7-8,11-12,15H,3-6H2,1-2H3. The van der Waals surface area contributed by atoms with Gasteiger partial charge in [0.05, 0.1) is 17.9 Å². The van der Waals surface area contributed by atoms with E-state index in [1.54, 1.807) is 24.3 Å². The van der Waals surface area contributed by atoms with Crippen molar-refractivity contribution in [3.8, 4) is 11.8 Å². The molecule has 0 N–H and O–H groups in total. The molecule has 0 bridgehead atoms. The molecule has 0 unspecified atom stereocenters. The Bertz CT molecular complexity index is 778. The maximum Gasteiger partial charge on any atom is 0.338 e. The van der Waals surface area contributed by atoms with Crippen LogP contribution >= 0.6 is 11.3 Å². The summed E-state index contributed by atoms with van der Waals surface area (Å²) in [5.74, 6) is 6.55. The third-order valence-electron chi connectivity index (χ3n) is 4.09. The van der Waals surface area contributed by atoms with E-state index in [1.807, 2.05) is 19.1 Å². The second-order valence-electron chi connectivity index (χ2n) is 5.71. The van der Waals surface area contributed by atoms with Crippen LogP contribution in [0.4, 0.5) is 0 Å². The Morgan fingerprint density at radius 1 is 1.39 bits per heavy atom. The van der Waals surface area contributed by atoms with Gasteiger partial charge in [-0.1, -0.05) is 18.4 Å². The van der Waals surface area contributed by atoms with Gasteiger partial charge in [0.1, 0.15) is 0 Å². The molecule has 1 aliphatic carbocycles. The second kappa shape index (κ2) is 6.97. The summed E-state index contributed by atoms with van der Waals surface area (Å²) < 4.78 is 5.08. The monoisotopic (exact) mass is 325 g/mol. The van der Waals surface area contributed by atoms with Crippen LogP contribution < -0.4 is 0 Å². The number of nitrogens with zero attached hydrogens (tertiary/aromatic N) is 1. The molecule has 0 aliphatic heterocycles. The van der Waals surface area contributed by atoms with Crippen LogP contribution in [0.15, 0.2) is 23.6 Å². The maximum absolute atomic E-state index is 11.9. The zero-order chi connectivity index (χ0) is 16.2. The van der Waals surface area contributed by atoms with E-state index in [0.717, 1.165) is 16.1 Å². The SMILES string of the molecule is CCOC(=O)c1cc(C#Cc2nc(C3CCC3)cs2)ccc1C. The molecule has 3 nitrogen and oxygen atoms in total. The van der Waals surface area contributed by atoms with Gasteiger partial charge in [0.2, 0.25) is 0 Å². The van der Waals surface area contributed by atoms with Gasteiger partial charge < -0.3 is 4.74 Å². The van der Waals surface area contributed by atoms with Crippen molar-refractivity contribution in [2.24, 2.45) is 0 Å². The number of aryl methyl sites for hydroxylation is 1. The van der Waals surface area contributed by atoms with Crippen LogP contribution in [-0.4, -0.2) is 17.6 Å². The molecule has 1 heterocycles. The van der Waals surface area contributed by atoms with E-state index in [1.165, 1.54) is 25.0 Å².